The zero-order valence-electron chi connectivity index (χ0n) is 15.5. The van der Waals surface area contributed by atoms with Gasteiger partial charge in [-0.1, -0.05) is 12.8 Å². The molecule has 5 nitrogen and oxygen atoms in total. The molecule has 1 saturated carbocycles. The lowest BCUT2D eigenvalue weighted by Crippen LogP contribution is -2.45. The largest absolute Gasteiger partial charge is 0.496 e. The molecule has 138 valence electrons. The summed E-state index contributed by atoms with van der Waals surface area (Å²) in [5.41, 5.74) is 1.48. The highest BCUT2D eigenvalue weighted by Gasteiger charge is 2.39. The van der Waals surface area contributed by atoms with Crippen molar-refractivity contribution in [2.75, 3.05) is 20.8 Å². The lowest BCUT2D eigenvalue weighted by atomic mass is 9.80. The Bertz CT molecular complexity index is 605. The van der Waals surface area contributed by atoms with E-state index in [9.17, 15) is 9.90 Å². The molecule has 1 saturated heterocycles. The van der Waals surface area contributed by atoms with E-state index in [1.54, 1.807) is 26.4 Å². The van der Waals surface area contributed by atoms with Gasteiger partial charge in [0.15, 0.2) is 0 Å². The van der Waals surface area contributed by atoms with Gasteiger partial charge < -0.3 is 19.5 Å². The fourth-order valence-electron chi connectivity index (χ4n) is 4.45. The van der Waals surface area contributed by atoms with E-state index in [2.05, 4.69) is 0 Å². The molecule has 1 aromatic carbocycles. The highest BCUT2D eigenvalue weighted by molar-refractivity contribution is 5.95. The van der Waals surface area contributed by atoms with Gasteiger partial charge in [-0.3, -0.25) is 4.79 Å². The number of hydrogen-bond donors (Lipinski definition) is 1. The third kappa shape index (κ3) is 3.47. The molecule has 25 heavy (non-hydrogen) atoms. The summed E-state index contributed by atoms with van der Waals surface area (Å²) in [6.07, 6.45) is 5.80. The summed E-state index contributed by atoms with van der Waals surface area (Å²) >= 11 is 0. The van der Waals surface area contributed by atoms with Crippen LogP contribution in [0.1, 0.15) is 54.4 Å². The molecule has 1 aliphatic heterocycles. The Morgan fingerprint density at radius 1 is 1.08 bits per heavy atom. The average molecular weight is 347 g/mol. The van der Waals surface area contributed by atoms with Gasteiger partial charge in [0.2, 0.25) is 0 Å². The molecule has 0 spiro atoms. The SMILES string of the molecule is COc1cc(C(=O)N2CCC[C@@H]2[C@@H]2CCCC[C@@H]2O)cc(OC)c1C. The smallest absolute Gasteiger partial charge is 0.254 e. The monoisotopic (exact) mass is 347 g/mol. The Morgan fingerprint density at radius 2 is 1.72 bits per heavy atom. The van der Waals surface area contributed by atoms with E-state index in [1.807, 2.05) is 11.8 Å². The van der Waals surface area contributed by atoms with Crippen molar-refractivity contribution in [3.05, 3.63) is 23.3 Å². The first-order valence-electron chi connectivity index (χ1n) is 9.28. The van der Waals surface area contributed by atoms with Crippen LogP contribution in [0.5, 0.6) is 11.5 Å². The van der Waals surface area contributed by atoms with Gasteiger partial charge in [0.05, 0.1) is 20.3 Å². The molecule has 2 aliphatic rings. The number of hydrogen-bond acceptors (Lipinski definition) is 4. The fourth-order valence-corrected chi connectivity index (χ4v) is 4.45. The van der Waals surface area contributed by atoms with E-state index in [-0.39, 0.29) is 24.0 Å². The van der Waals surface area contributed by atoms with Crippen LogP contribution in [0.3, 0.4) is 0 Å². The van der Waals surface area contributed by atoms with Crippen molar-refractivity contribution in [3.8, 4) is 11.5 Å². The minimum absolute atomic E-state index is 0.0110. The van der Waals surface area contributed by atoms with E-state index in [0.29, 0.717) is 17.1 Å². The predicted octanol–water partition coefficient (Wildman–Crippen LogP) is 3.17. The molecule has 3 atom stereocenters. The Hall–Kier alpha value is -1.75. The third-order valence-corrected chi connectivity index (χ3v) is 5.84. The molecule has 1 aliphatic carbocycles. The van der Waals surface area contributed by atoms with Crippen LogP contribution >= 0.6 is 0 Å². The first-order chi connectivity index (χ1) is 12.1. The topological polar surface area (TPSA) is 59.0 Å². The standard InChI is InChI=1S/C20H29NO4/c1-13-18(24-2)11-14(12-19(13)25-3)20(23)21-10-6-8-16(21)15-7-4-5-9-17(15)22/h11-12,15-17,22H,4-10H2,1-3H3/t15-,16+,17-/m0/s1. The van der Waals surface area contributed by atoms with Crippen molar-refractivity contribution >= 4 is 5.91 Å². The van der Waals surface area contributed by atoms with Crippen LogP contribution in [-0.2, 0) is 0 Å². The van der Waals surface area contributed by atoms with Gasteiger partial charge in [-0.25, -0.2) is 0 Å². The Morgan fingerprint density at radius 3 is 2.32 bits per heavy atom. The number of methoxy groups -OCH3 is 2. The second kappa shape index (κ2) is 7.65. The summed E-state index contributed by atoms with van der Waals surface area (Å²) in [5.74, 6) is 1.54. The Labute approximate surface area is 149 Å². The van der Waals surface area contributed by atoms with Crippen molar-refractivity contribution in [1.29, 1.82) is 0 Å². The molecule has 0 radical (unpaired) electrons. The number of rotatable bonds is 4. The molecular formula is C20H29NO4. The van der Waals surface area contributed by atoms with Crippen LogP contribution in [0.2, 0.25) is 0 Å². The van der Waals surface area contributed by atoms with E-state index in [1.165, 1.54) is 0 Å². The zero-order chi connectivity index (χ0) is 18.0. The second-order valence-electron chi connectivity index (χ2n) is 7.23. The summed E-state index contributed by atoms with van der Waals surface area (Å²) < 4.78 is 10.8. The quantitative estimate of drug-likeness (QED) is 0.909. The maximum atomic E-state index is 13.2. The number of amides is 1. The molecule has 5 heteroatoms. The number of aliphatic hydroxyl groups is 1. The van der Waals surface area contributed by atoms with E-state index < -0.39 is 0 Å². The zero-order valence-corrected chi connectivity index (χ0v) is 15.5. The molecule has 0 unspecified atom stereocenters. The second-order valence-corrected chi connectivity index (χ2v) is 7.23. The molecule has 0 bridgehead atoms. The number of carbonyl (C=O) groups is 1. The van der Waals surface area contributed by atoms with Crippen molar-refractivity contribution in [2.24, 2.45) is 5.92 Å². The average Bonchev–Trinajstić information content (AvgIpc) is 3.11. The van der Waals surface area contributed by atoms with Gasteiger partial charge >= 0.3 is 0 Å². The molecule has 1 aromatic rings. The van der Waals surface area contributed by atoms with Crippen LogP contribution in [-0.4, -0.2) is 48.8 Å². The van der Waals surface area contributed by atoms with Gasteiger partial charge in [0.1, 0.15) is 11.5 Å². The lowest BCUT2D eigenvalue weighted by molar-refractivity contribution is 0.0211. The third-order valence-electron chi connectivity index (χ3n) is 5.84. The Kier molecular flexibility index (Phi) is 5.52. The molecular weight excluding hydrogens is 318 g/mol. The van der Waals surface area contributed by atoms with Crippen LogP contribution in [0.15, 0.2) is 12.1 Å². The number of aliphatic hydroxyl groups excluding tert-OH is 1. The van der Waals surface area contributed by atoms with Gasteiger partial charge in [-0.05, 0) is 44.7 Å². The maximum absolute atomic E-state index is 13.2. The van der Waals surface area contributed by atoms with Crippen molar-refractivity contribution in [3.63, 3.8) is 0 Å². The molecule has 0 aromatic heterocycles. The van der Waals surface area contributed by atoms with Crippen molar-refractivity contribution in [1.82, 2.24) is 4.90 Å². The molecule has 3 rings (SSSR count). The van der Waals surface area contributed by atoms with Gasteiger partial charge in [-0.2, -0.15) is 0 Å². The fraction of sp³-hybridized carbons (Fsp3) is 0.650. The maximum Gasteiger partial charge on any atom is 0.254 e. The predicted molar refractivity (Wildman–Crippen MR) is 96.3 cm³/mol. The van der Waals surface area contributed by atoms with E-state index in [0.717, 1.165) is 50.6 Å². The first kappa shape index (κ1) is 18.1. The first-order valence-corrected chi connectivity index (χ1v) is 9.28. The number of nitrogens with zero attached hydrogens (tertiary/aromatic N) is 1. The number of ether oxygens (including phenoxy) is 2. The van der Waals surface area contributed by atoms with Crippen LogP contribution in [0.25, 0.3) is 0 Å². The molecule has 1 amide bonds. The van der Waals surface area contributed by atoms with Crippen LogP contribution in [0, 0.1) is 12.8 Å². The summed E-state index contributed by atoms with van der Waals surface area (Å²) in [6.45, 7) is 2.67. The summed E-state index contributed by atoms with van der Waals surface area (Å²) in [7, 11) is 3.21. The minimum atomic E-state index is -0.283. The summed E-state index contributed by atoms with van der Waals surface area (Å²) in [5, 5.41) is 10.4. The highest BCUT2D eigenvalue weighted by Crippen LogP contribution is 2.36. The summed E-state index contributed by atoms with van der Waals surface area (Å²) in [4.78, 5) is 15.1. The number of likely N-dealkylation sites (tertiary alicyclic amines) is 1. The van der Waals surface area contributed by atoms with Gasteiger partial charge in [0.25, 0.3) is 5.91 Å². The molecule has 1 heterocycles. The van der Waals surface area contributed by atoms with E-state index >= 15 is 0 Å². The van der Waals surface area contributed by atoms with Gasteiger partial charge in [0, 0.05) is 29.6 Å². The van der Waals surface area contributed by atoms with Crippen molar-refractivity contribution in [2.45, 2.75) is 57.6 Å². The van der Waals surface area contributed by atoms with E-state index in [4.69, 9.17) is 9.47 Å². The van der Waals surface area contributed by atoms with Crippen LogP contribution < -0.4 is 9.47 Å². The normalized spacial score (nSPS) is 26.6. The number of carbonyl (C=O) groups excluding carboxylic acids is 1. The Balaban J connectivity index is 1.86. The minimum Gasteiger partial charge on any atom is -0.496 e. The highest BCUT2D eigenvalue weighted by atomic mass is 16.5. The van der Waals surface area contributed by atoms with Gasteiger partial charge in [-0.15, -0.1) is 0 Å². The summed E-state index contributed by atoms with van der Waals surface area (Å²) in [6, 6.07) is 3.74. The van der Waals surface area contributed by atoms with Crippen LogP contribution in [0.4, 0.5) is 0 Å². The van der Waals surface area contributed by atoms with Crippen molar-refractivity contribution < 1.29 is 19.4 Å². The molecule has 2 fully saturated rings. The number of benzene rings is 1. The lowest BCUT2D eigenvalue weighted by Gasteiger charge is -2.37. The molecule has 1 N–H and O–H groups in total.